The van der Waals surface area contributed by atoms with Crippen LogP contribution in [0.1, 0.15) is 60.8 Å². The minimum Gasteiger partial charge on any atom is -0.383 e. The molecule has 2 heterocycles. The van der Waals surface area contributed by atoms with Crippen molar-refractivity contribution in [3.05, 3.63) is 17.0 Å². The Hall–Kier alpha value is -1.89. The van der Waals surface area contributed by atoms with Gasteiger partial charge in [0.1, 0.15) is 5.76 Å². The lowest BCUT2D eigenvalue weighted by molar-refractivity contribution is -0.130. The second kappa shape index (κ2) is 8.66. The number of aryl methyl sites for hydroxylation is 1. The molecule has 1 fully saturated rings. The van der Waals surface area contributed by atoms with E-state index < -0.39 is 0 Å². The minimum absolute atomic E-state index is 0.0600. The van der Waals surface area contributed by atoms with E-state index in [0.29, 0.717) is 31.9 Å². The van der Waals surface area contributed by atoms with Crippen molar-refractivity contribution in [3.8, 4) is 0 Å². The van der Waals surface area contributed by atoms with E-state index in [9.17, 15) is 9.59 Å². The third-order valence-corrected chi connectivity index (χ3v) is 5.55. The number of ether oxygens (including phenoxy) is 1. The first-order valence-corrected chi connectivity index (χ1v) is 9.64. The van der Waals surface area contributed by atoms with Crippen LogP contribution in [0.3, 0.4) is 0 Å². The Bertz CT molecular complexity index is 635. The van der Waals surface area contributed by atoms with Crippen LogP contribution in [0.15, 0.2) is 4.52 Å². The van der Waals surface area contributed by atoms with Gasteiger partial charge in [-0.3, -0.25) is 9.59 Å². The lowest BCUT2D eigenvalue weighted by atomic mass is 10.0. The molecule has 0 spiro atoms. The molecule has 2 amide bonds. The number of carbonyl (C=O) groups is 2. The van der Waals surface area contributed by atoms with E-state index in [1.165, 1.54) is 0 Å². The first kappa shape index (κ1) is 18.9. The van der Waals surface area contributed by atoms with E-state index in [2.05, 4.69) is 5.16 Å². The van der Waals surface area contributed by atoms with E-state index in [1.807, 2.05) is 9.80 Å². The zero-order valence-corrected chi connectivity index (χ0v) is 15.8. The quantitative estimate of drug-likeness (QED) is 0.749. The van der Waals surface area contributed by atoms with Crippen LogP contribution in [-0.2, 0) is 22.4 Å². The Balaban J connectivity index is 1.76. The molecule has 2 aliphatic rings. The van der Waals surface area contributed by atoms with Crippen LogP contribution < -0.4 is 0 Å². The molecule has 0 radical (unpaired) electrons. The van der Waals surface area contributed by atoms with Gasteiger partial charge in [0.05, 0.1) is 6.61 Å². The van der Waals surface area contributed by atoms with Crippen LogP contribution in [0.4, 0.5) is 0 Å². The van der Waals surface area contributed by atoms with Crippen LogP contribution in [-0.4, -0.2) is 66.2 Å². The number of hydrogen-bond donors (Lipinski definition) is 0. The molecule has 1 aliphatic heterocycles. The monoisotopic (exact) mass is 363 g/mol. The van der Waals surface area contributed by atoms with Crippen LogP contribution in [0.25, 0.3) is 0 Å². The predicted molar refractivity (Wildman–Crippen MR) is 96.0 cm³/mol. The largest absolute Gasteiger partial charge is 0.383 e. The zero-order chi connectivity index (χ0) is 18.5. The van der Waals surface area contributed by atoms with Crippen LogP contribution in [0, 0.1) is 0 Å². The lowest BCUT2D eigenvalue weighted by Crippen LogP contribution is -2.49. The summed E-state index contributed by atoms with van der Waals surface area (Å²) in [5.74, 6) is 0.916. The fraction of sp³-hybridized carbons (Fsp3) is 0.737. The summed E-state index contributed by atoms with van der Waals surface area (Å²) in [5.41, 5.74) is 1.48. The normalized spacial score (nSPS) is 18.3. The second-order valence-corrected chi connectivity index (χ2v) is 7.22. The molecule has 0 aromatic carbocycles. The highest BCUT2D eigenvalue weighted by Gasteiger charge is 2.33. The Kier molecular flexibility index (Phi) is 6.29. The highest BCUT2D eigenvalue weighted by Crippen LogP contribution is 2.26. The molecule has 0 saturated carbocycles. The second-order valence-electron chi connectivity index (χ2n) is 7.22. The van der Waals surface area contributed by atoms with Crippen molar-refractivity contribution in [3.63, 3.8) is 0 Å². The lowest BCUT2D eigenvalue weighted by Gasteiger charge is -2.38. The molecular formula is C19H29N3O4. The fourth-order valence-electron chi connectivity index (χ4n) is 4.00. The minimum atomic E-state index is -0.0600. The van der Waals surface area contributed by atoms with Gasteiger partial charge in [-0.15, -0.1) is 0 Å². The van der Waals surface area contributed by atoms with E-state index in [1.54, 1.807) is 14.0 Å². The number of rotatable bonds is 5. The summed E-state index contributed by atoms with van der Waals surface area (Å²) >= 11 is 0. The topological polar surface area (TPSA) is 75.9 Å². The molecule has 1 aromatic heterocycles. The van der Waals surface area contributed by atoms with Gasteiger partial charge in [0.15, 0.2) is 5.69 Å². The number of nitrogens with zero attached hydrogens (tertiary/aromatic N) is 3. The van der Waals surface area contributed by atoms with Crippen LogP contribution in [0.5, 0.6) is 0 Å². The van der Waals surface area contributed by atoms with Crippen LogP contribution >= 0.6 is 0 Å². The summed E-state index contributed by atoms with van der Waals surface area (Å²) in [6, 6.07) is 0.103. The first-order chi connectivity index (χ1) is 12.6. The Morgan fingerprint density at radius 3 is 2.65 bits per heavy atom. The Morgan fingerprint density at radius 1 is 1.23 bits per heavy atom. The summed E-state index contributed by atoms with van der Waals surface area (Å²) in [4.78, 5) is 28.6. The van der Waals surface area contributed by atoms with E-state index in [0.717, 1.165) is 56.3 Å². The third kappa shape index (κ3) is 4.09. The molecule has 1 aliphatic carbocycles. The van der Waals surface area contributed by atoms with Crippen molar-refractivity contribution < 1.29 is 18.8 Å². The van der Waals surface area contributed by atoms with Gasteiger partial charge in [-0.2, -0.15) is 0 Å². The van der Waals surface area contributed by atoms with Crippen molar-refractivity contribution >= 4 is 11.8 Å². The standard InChI is InChI=1S/C19H29N3O4/c1-14(23)21-10-8-15(9-11-21)22(12-13-25-2)19(24)18-16-6-4-3-5-7-17(16)26-20-18/h15H,3-13H2,1-2H3. The number of methoxy groups -OCH3 is 1. The fourth-order valence-corrected chi connectivity index (χ4v) is 4.00. The van der Waals surface area contributed by atoms with Gasteiger partial charge in [0.2, 0.25) is 5.91 Å². The summed E-state index contributed by atoms with van der Waals surface area (Å²) in [5, 5.41) is 4.13. The number of carbonyl (C=O) groups excluding carboxylic acids is 2. The third-order valence-electron chi connectivity index (χ3n) is 5.55. The molecule has 7 nitrogen and oxygen atoms in total. The molecule has 1 aromatic rings. The average Bonchev–Trinajstić information content (AvgIpc) is 2.90. The molecule has 7 heteroatoms. The van der Waals surface area contributed by atoms with Gasteiger partial charge in [0.25, 0.3) is 5.91 Å². The number of amides is 2. The SMILES string of the molecule is COCCN(C(=O)c1noc2c1CCCCC2)C1CCN(C(C)=O)CC1. The summed E-state index contributed by atoms with van der Waals surface area (Å²) in [6.45, 7) is 3.99. The van der Waals surface area contributed by atoms with Crippen LogP contribution in [0.2, 0.25) is 0 Å². The van der Waals surface area contributed by atoms with Gasteiger partial charge in [-0.25, -0.2) is 0 Å². The highest BCUT2D eigenvalue weighted by atomic mass is 16.5. The maximum Gasteiger partial charge on any atom is 0.276 e. The number of aromatic nitrogens is 1. The Morgan fingerprint density at radius 2 is 1.96 bits per heavy atom. The Labute approximate surface area is 154 Å². The smallest absolute Gasteiger partial charge is 0.276 e. The van der Waals surface area contributed by atoms with Crippen molar-refractivity contribution in [1.29, 1.82) is 0 Å². The molecule has 0 N–H and O–H groups in total. The van der Waals surface area contributed by atoms with Gasteiger partial charge in [-0.05, 0) is 32.1 Å². The van der Waals surface area contributed by atoms with Gasteiger partial charge in [-0.1, -0.05) is 11.6 Å². The summed E-state index contributed by atoms with van der Waals surface area (Å²) in [7, 11) is 1.64. The summed E-state index contributed by atoms with van der Waals surface area (Å²) < 4.78 is 10.7. The number of piperidine rings is 1. The highest BCUT2D eigenvalue weighted by molar-refractivity contribution is 5.94. The summed E-state index contributed by atoms with van der Waals surface area (Å²) in [6.07, 6.45) is 6.63. The van der Waals surface area contributed by atoms with Crippen molar-refractivity contribution in [2.24, 2.45) is 0 Å². The number of fused-ring (bicyclic) bond motifs is 1. The van der Waals surface area contributed by atoms with E-state index >= 15 is 0 Å². The van der Waals surface area contributed by atoms with E-state index in [-0.39, 0.29) is 17.9 Å². The maximum atomic E-state index is 13.3. The molecule has 144 valence electrons. The molecule has 26 heavy (non-hydrogen) atoms. The van der Waals surface area contributed by atoms with Gasteiger partial charge in [0, 0.05) is 51.7 Å². The van der Waals surface area contributed by atoms with Crippen molar-refractivity contribution in [2.75, 3.05) is 33.4 Å². The van der Waals surface area contributed by atoms with Gasteiger partial charge >= 0.3 is 0 Å². The number of hydrogen-bond acceptors (Lipinski definition) is 5. The molecular weight excluding hydrogens is 334 g/mol. The number of likely N-dealkylation sites (tertiary alicyclic amines) is 1. The average molecular weight is 363 g/mol. The molecule has 3 rings (SSSR count). The zero-order valence-electron chi connectivity index (χ0n) is 15.8. The molecule has 0 unspecified atom stereocenters. The molecule has 1 saturated heterocycles. The van der Waals surface area contributed by atoms with E-state index in [4.69, 9.17) is 9.26 Å². The molecule has 0 atom stereocenters. The van der Waals surface area contributed by atoms with Crippen molar-refractivity contribution in [2.45, 2.75) is 57.9 Å². The van der Waals surface area contributed by atoms with Crippen molar-refractivity contribution in [1.82, 2.24) is 15.0 Å². The van der Waals surface area contributed by atoms with Gasteiger partial charge < -0.3 is 19.1 Å². The molecule has 0 bridgehead atoms. The first-order valence-electron chi connectivity index (χ1n) is 9.64. The predicted octanol–water partition coefficient (Wildman–Crippen LogP) is 2.04. The maximum absolute atomic E-state index is 13.3.